The van der Waals surface area contributed by atoms with Crippen LogP contribution >= 0.6 is 23.5 Å². The number of nitrogens with one attached hydrogen (secondary N) is 3. The van der Waals surface area contributed by atoms with E-state index in [4.69, 9.17) is 4.74 Å². The molecule has 3 amide bonds. The first-order valence-corrected chi connectivity index (χ1v) is 10.4. The van der Waals surface area contributed by atoms with Gasteiger partial charge in [0.15, 0.2) is 5.17 Å². The van der Waals surface area contributed by atoms with Crippen molar-refractivity contribution in [3.63, 3.8) is 0 Å². The summed E-state index contributed by atoms with van der Waals surface area (Å²) in [5, 5.41) is 15.0. The van der Waals surface area contributed by atoms with Gasteiger partial charge in [0.25, 0.3) is 5.24 Å². The minimum atomic E-state index is -0.639. The number of benzene rings is 1. The zero-order chi connectivity index (χ0) is 20.8. The Morgan fingerprint density at radius 3 is 2.62 bits per heavy atom. The summed E-state index contributed by atoms with van der Waals surface area (Å²) < 4.78 is 4.90. The number of esters is 1. The molecule has 2 saturated heterocycles. The maximum atomic E-state index is 12.2. The molecule has 152 valence electrons. The van der Waals surface area contributed by atoms with E-state index in [1.807, 2.05) is 0 Å². The zero-order valence-electron chi connectivity index (χ0n) is 15.3. The summed E-state index contributed by atoms with van der Waals surface area (Å²) in [5.74, 6) is -0.319. The summed E-state index contributed by atoms with van der Waals surface area (Å²) in [6.45, 7) is 2.00. The number of amides is 3. The van der Waals surface area contributed by atoms with Gasteiger partial charge in [0, 0.05) is 12.1 Å². The first-order chi connectivity index (χ1) is 13.9. The Balaban J connectivity index is 1.52. The molecule has 1 aromatic carbocycles. The number of amidine groups is 2. The lowest BCUT2D eigenvalue weighted by atomic mass is 10.2. The summed E-state index contributed by atoms with van der Waals surface area (Å²) >= 11 is 2.17. The molecule has 0 bridgehead atoms. The van der Waals surface area contributed by atoms with E-state index in [9.17, 15) is 19.2 Å². The molecule has 29 heavy (non-hydrogen) atoms. The van der Waals surface area contributed by atoms with Gasteiger partial charge >= 0.3 is 5.97 Å². The van der Waals surface area contributed by atoms with Gasteiger partial charge in [-0.05, 0) is 31.2 Å². The Kier molecular flexibility index (Phi) is 6.88. The Morgan fingerprint density at radius 2 is 1.97 bits per heavy atom. The fourth-order valence-corrected chi connectivity index (χ4v) is 3.86. The Bertz CT molecular complexity index is 900. The molecule has 2 heterocycles. The third-order valence-electron chi connectivity index (χ3n) is 3.67. The topological polar surface area (TPSA) is 138 Å². The number of carbonyl (C=O) groups excluding carboxylic acids is 4. The fraction of sp³-hybridized carbons (Fsp3) is 0.294. The van der Waals surface area contributed by atoms with E-state index in [2.05, 4.69) is 26.2 Å². The van der Waals surface area contributed by atoms with Crippen LogP contribution in [0.1, 0.15) is 23.7 Å². The Hall–Kier alpha value is -2.86. The summed E-state index contributed by atoms with van der Waals surface area (Å²) in [5.41, 5.74) is 0.885. The van der Waals surface area contributed by atoms with E-state index >= 15 is 0 Å². The van der Waals surface area contributed by atoms with E-state index in [0.29, 0.717) is 22.8 Å². The van der Waals surface area contributed by atoms with Crippen molar-refractivity contribution in [2.75, 3.05) is 17.7 Å². The smallest absolute Gasteiger partial charge is 0.338 e. The minimum absolute atomic E-state index is 0.0572. The molecule has 1 aromatic rings. The van der Waals surface area contributed by atoms with Gasteiger partial charge in [0.2, 0.25) is 11.8 Å². The summed E-state index contributed by atoms with van der Waals surface area (Å²) in [6.07, 6.45) is -0.0572. The van der Waals surface area contributed by atoms with Crippen molar-refractivity contribution in [1.29, 1.82) is 0 Å². The Labute approximate surface area is 174 Å². The number of thioether (sulfide) groups is 2. The quantitative estimate of drug-likeness (QED) is 0.455. The van der Waals surface area contributed by atoms with Crippen LogP contribution in [0.4, 0.5) is 10.5 Å². The summed E-state index contributed by atoms with van der Waals surface area (Å²) in [6, 6.07) is 6.27. The minimum Gasteiger partial charge on any atom is -0.462 e. The highest BCUT2D eigenvalue weighted by Crippen LogP contribution is 2.23. The van der Waals surface area contributed by atoms with Crippen molar-refractivity contribution in [2.24, 2.45) is 10.2 Å². The lowest BCUT2D eigenvalue weighted by Crippen LogP contribution is -2.28. The van der Waals surface area contributed by atoms with Gasteiger partial charge in [-0.2, -0.15) is 0 Å². The molecule has 2 aliphatic rings. The number of anilines is 1. The van der Waals surface area contributed by atoms with Gasteiger partial charge in [-0.25, -0.2) is 4.79 Å². The van der Waals surface area contributed by atoms with Crippen molar-refractivity contribution in [1.82, 2.24) is 10.6 Å². The highest BCUT2D eigenvalue weighted by molar-refractivity contribution is 8.15. The highest BCUT2D eigenvalue weighted by Gasteiger charge is 2.32. The number of hydrogen-bond donors (Lipinski definition) is 3. The predicted octanol–water partition coefficient (Wildman–Crippen LogP) is 1.55. The lowest BCUT2D eigenvalue weighted by Gasteiger charge is -2.08. The van der Waals surface area contributed by atoms with Crippen LogP contribution in [0.2, 0.25) is 0 Å². The first kappa shape index (κ1) is 20.9. The predicted molar refractivity (Wildman–Crippen MR) is 111 cm³/mol. The molecule has 10 nitrogen and oxygen atoms in total. The summed E-state index contributed by atoms with van der Waals surface area (Å²) in [4.78, 5) is 47.0. The van der Waals surface area contributed by atoms with Crippen LogP contribution in [0, 0.1) is 0 Å². The second-order valence-corrected chi connectivity index (χ2v) is 7.94. The molecule has 0 aliphatic carbocycles. The van der Waals surface area contributed by atoms with Crippen molar-refractivity contribution < 1.29 is 23.9 Å². The van der Waals surface area contributed by atoms with Gasteiger partial charge in [-0.3, -0.25) is 14.4 Å². The first-order valence-electron chi connectivity index (χ1n) is 8.57. The van der Waals surface area contributed by atoms with E-state index in [1.165, 1.54) is 0 Å². The maximum Gasteiger partial charge on any atom is 0.338 e. The molecule has 12 heteroatoms. The molecule has 0 radical (unpaired) electrons. The second-order valence-electron chi connectivity index (χ2n) is 5.80. The largest absolute Gasteiger partial charge is 0.462 e. The monoisotopic (exact) mass is 435 g/mol. The van der Waals surface area contributed by atoms with Crippen LogP contribution in [-0.4, -0.2) is 51.6 Å². The van der Waals surface area contributed by atoms with E-state index < -0.39 is 11.2 Å². The molecule has 2 aliphatic heterocycles. The average Bonchev–Trinajstić information content (AvgIpc) is 3.26. The van der Waals surface area contributed by atoms with Crippen LogP contribution in [-0.2, 0) is 14.3 Å². The van der Waals surface area contributed by atoms with Crippen LogP contribution in [0.5, 0.6) is 0 Å². The normalized spacial score (nSPS) is 21.2. The molecule has 0 aromatic heterocycles. The van der Waals surface area contributed by atoms with Crippen LogP contribution < -0.4 is 16.0 Å². The van der Waals surface area contributed by atoms with E-state index in [0.717, 1.165) is 23.5 Å². The average molecular weight is 435 g/mol. The third kappa shape index (κ3) is 5.81. The Morgan fingerprint density at radius 1 is 1.21 bits per heavy atom. The number of rotatable bonds is 6. The SMILES string of the molecule is CCOC(=O)c1ccc(NC(=O)CC2S/C(=N/N=C3\CSC(=O)N3)NC2=O)cc1. The maximum absolute atomic E-state index is 12.2. The van der Waals surface area contributed by atoms with Crippen LogP contribution in [0.25, 0.3) is 0 Å². The molecule has 3 rings (SSSR count). The third-order valence-corrected chi connectivity index (χ3v) is 5.53. The number of ether oxygens (including phenoxy) is 1. The van der Waals surface area contributed by atoms with Gasteiger partial charge in [0.05, 0.1) is 17.9 Å². The number of nitrogens with zero attached hydrogens (tertiary/aromatic N) is 2. The van der Waals surface area contributed by atoms with E-state index in [-0.39, 0.29) is 35.2 Å². The molecule has 0 spiro atoms. The van der Waals surface area contributed by atoms with Crippen molar-refractivity contribution in [3.8, 4) is 0 Å². The standard InChI is InChI=1S/C17H17N5O5S2/c1-2-27-15(25)9-3-5-10(6-4-9)18-13(23)7-11-14(24)20-16(29-11)22-21-12-8-28-17(26)19-12/h3-6,11H,2,7-8H2,1H3,(H,18,23)(H,19,21,26)(H,20,22,24). The van der Waals surface area contributed by atoms with Crippen LogP contribution in [0.3, 0.4) is 0 Å². The summed E-state index contributed by atoms with van der Waals surface area (Å²) in [7, 11) is 0. The molecular formula is C17H17N5O5S2. The van der Waals surface area contributed by atoms with Gasteiger partial charge < -0.3 is 20.7 Å². The van der Waals surface area contributed by atoms with Gasteiger partial charge in [0.1, 0.15) is 11.1 Å². The van der Waals surface area contributed by atoms with Gasteiger partial charge in [-0.15, -0.1) is 10.2 Å². The number of hydrogen-bond acceptors (Lipinski definition) is 9. The highest BCUT2D eigenvalue weighted by atomic mass is 32.2. The lowest BCUT2D eigenvalue weighted by molar-refractivity contribution is -0.122. The molecule has 1 atom stereocenters. The van der Waals surface area contributed by atoms with E-state index in [1.54, 1.807) is 31.2 Å². The molecule has 1 unspecified atom stereocenters. The fourth-order valence-electron chi connectivity index (χ4n) is 2.35. The van der Waals surface area contributed by atoms with Crippen LogP contribution in [0.15, 0.2) is 34.5 Å². The van der Waals surface area contributed by atoms with Crippen molar-refractivity contribution in [3.05, 3.63) is 29.8 Å². The molecule has 0 saturated carbocycles. The molecule has 2 fully saturated rings. The zero-order valence-corrected chi connectivity index (χ0v) is 16.9. The second kappa shape index (κ2) is 9.56. The number of carbonyl (C=O) groups is 4. The van der Waals surface area contributed by atoms with Crippen molar-refractivity contribution in [2.45, 2.75) is 18.6 Å². The molecular weight excluding hydrogens is 418 g/mol. The van der Waals surface area contributed by atoms with Crippen molar-refractivity contribution >= 4 is 63.2 Å². The van der Waals surface area contributed by atoms with Gasteiger partial charge in [-0.1, -0.05) is 23.5 Å². The molecule has 3 N–H and O–H groups in total.